The maximum atomic E-state index is 14.5. The summed E-state index contributed by atoms with van der Waals surface area (Å²) in [7, 11) is 0. The van der Waals surface area contributed by atoms with E-state index in [1.165, 1.54) is 0 Å². The number of pyridine rings is 1. The van der Waals surface area contributed by atoms with E-state index >= 15 is 0 Å². The first-order chi connectivity index (χ1) is 15.1. The van der Waals surface area contributed by atoms with Crippen molar-refractivity contribution in [1.82, 2.24) is 19.9 Å². The third kappa shape index (κ3) is 2.93. The van der Waals surface area contributed by atoms with Crippen molar-refractivity contribution in [3.63, 3.8) is 0 Å². The minimum atomic E-state index is -0.237. The number of anilines is 3. The number of aryl methyl sites for hydroxylation is 1. The number of nitrogens with zero attached hydrogens (tertiary/aromatic N) is 4. The second kappa shape index (κ2) is 6.88. The standard InChI is InChI=1S/C23H24FN7/c1-2-12-6-14(24)8-17-19-21(28-20(12)17)29-23(27-15-4-3-5-26-10-15)30-22(19)31-11-13-7-16(31)9-18(13)25/h3-6,8,10,13,16,18H,2,7,9,11,25H2,1H3,(H2,27,28,29,30)/t13-,16-,18-/m1/s1. The Morgan fingerprint density at radius 1 is 1.29 bits per heavy atom. The van der Waals surface area contributed by atoms with E-state index in [2.05, 4.69) is 20.2 Å². The van der Waals surface area contributed by atoms with Gasteiger partial charge in [-0.1, -0.05) is 6.92 Å². The van der Waals surface area contributed by atoms with Gasteiger partial charge in [0.2, 0.25) is 5.95 Å². The molecule has 31 heavy (non-hydrogen) atoms. The summed E-state index contributed by atoms with van der Waals surface area (Å²) >= 11 is 0. The van der Waals surface area contributed by atoms with Crippen molar-refractivity contribution in [2.24, 2.45) is 11.7 Å². The molecule has 2 aliphatic rings. The van der Waals surface area contributed by atoms with E-state index in [9.17, 15) is 4.39 Å². The number of hydrogen-bond donors (Lipinski definition) is 3. The monoisotopic (exact) mass is 417 g/mol. The molecule has 0 unspecified atom stereocenters. The van der Waals surface area contributed by atoms with Crippen molar-refractivity contribution >= 4 is 39.4 Å². The highest BCUT2D eigenvalue weighted by Crippen LogP contribution is 2.43. The van der Waals surface area contributed by atoms with Gasteiger partial charge in [0.15, 0.2) is 0 Å². The van der Waals surface area contributed by atoms with Crippen LogP contribution in [0.2, 0.25) is 0 Å². The van der Waals surface area contributed by atoms with E-state index < -0.39 is 0 Å². The average molecular weight is 417 g/mol. The molecule has 0 amide bonds. The minimum Gasteiger partial charge on any atom is -0.352 e. The van der Waals surface area contributed by atoms with Crippen LogP contribution >= 0.6 is 0 Å². The number of nitrogens with one attached hydrogen (secondary N) is 2. The summed E-state index contributed by atoms with van der Waals surface area (Å²) < 4.78 is 14.5. The van der Waals surface area contributed by atoms with Gasteiger partial charge in [-0.25, -0.2) is 4.39 Å². The van der Waals surface area contributed by atoms with Gasteiger partial charge in [-0.05, 0) is 55.0 Å². The van der Waals surface area contributed by atoms with Crippen molar-refractivity contribution in [3.05, 3.63) is 48.0 Å². The summed E-state index contributed by atoms with van der Waals surface area (Å²) in [6, 6.07) is 7.58. The highest BCUT2D eigenvalue weighted by molar-refractivity contribution is 6.12. The van der Waals surface area contributed by atoms with E-state index in [-0.39, 0.29) is 11.9 Å². The quantitative estimate of drug-likeness (QED) is 0.466. The Hall–Kier alpha value is -3.26. The lowest BCUT2D eigenvalue weighted by atomic mass is 10.0. The molecule has 158 valence electrons. The summed E-state index contributed by atoms with van der Waals surface area (Å²) in [5.41, 5.74) is 9.68. The highest BCUT2D eigenvalue weighted by Gasteiger charge is 2.44. The normalized spacial score (nSPS) is 22.7. The molecule has 3 aromatic heterocycles. The molecule has 2 fully saturated rings. The average Bonchev–Trinajstić information content (AvgIpc) is 3.45. The summed E-state index contributed by atoms with van der Waals surface area (Å²) in [6.45, 7) is 2.90. The molecule has 7 nitrogen and oxygen atoms in total. The van der Waals surface area contributed by atoms with Gasteiger partial charge in [0.1, 0.15) is 17.3 Å². The van der Waals surface area contributed by atoms with Crippen molar-refractivity contribution in [2.75, 3.05) is 16.8 Å². The van der Waals surface area contributed by atoms with Crippen LogP contribution in [-0.4, -0.2) is 38.6 Å². The third-order valence-corrected chi connectivity index (χ3v) is 6.75. The first-order valence-corrected chi connectivity index (χ1v) is 10.8. The van der Waals surface area contributed by atoms with Crippen molar-refractivity contribution in [3.8, 4) is 0 Å². The summed E-state index contributed by atoms with van der Waals surface area (Å²) in [5.74, 6) is 1.57. The van der Waals surface area contributed by atoms with Gasteiger partial charge in [0, 0.05) is 30.2 Å². The first-order valence-electron chi connectivity index (χ1n) is 10.8. The molecule has 4 heterocycles. The third-order valence-electron chi connectivity index (χ3n) is 6.75. The van der Waals surface area contributed by atoms with Crippen LogP contribution < -0.4 is 16.0 Å². The summed E-state index contributed by atoms with van der Waals surface area (Å²) in [4.78, 5) is 19.6. The fourth-order valence-electron chi connectivity index (χ4n) is 5.27. The lowest BCUT2D eigenvalue weighted by Gasteiger charge is -2.31. The zero-order valence-electron chi connectivity index (χ0n) is 17.3. The number of nitrogens with two attached hydrogens (primary N) is 1. The Balaban J connectivity index is 1.57. The molecule has 4 aromatic rings. The van der Waals surface area contributed by atoms with Crippen molar-refractivity contribution in [2.45, 2.75) is 38.3 Å². The lowest BCUT2D eigenvalue weighted by Crippen LogP contribution is -2.41. The van der Waals surface area contributed by atoms with Crippen LogP contribution in [0.4, 0.5) is 21.8 Å². The Bertz CT molecular complexity index is 1280. The Morgan fingerprint density at radius 3 is 2.90 bits per heavy atom. The Morgan fingerprint density at radius 2 is 2.19 bits per heavy atom. The Labute approximate surface area is 178 Å². The number of piperidine rings is 1. The number of aromatic amines is 1. The fraction of sp³-hybridized carbons (Fsp3) is 0.348. The molecule has 3 atom stereocenters. The van der Waals surface area contributed by atoms with Gasteiger partial charge in [-0.2, -0.15) is 9.97 Å². The van der Waals surface area contributed by atoms with Crippen molar-refractivity contribution in [1.29, 1.82) is 0 Å². The van der Waals surface area contributed by atoms with E-state index in [1.54, 1.807) is 24.5 Å². The van der Waals surface area contributed by atoms with Gasteiger partial charge in [0.25, 0.3) is 0 Å². The van der Waals surface area contributed by atoms with Crippen LogP contribution in [0.1, 0.15) is 25.3 Å². The van der Waals surface area contributed by atoms with Crippen LogP contribution in [0.15, 0.2) is 36.7 Å². The SMILES string of the molecule is CCc1cc(F)cc2c1[nH]c1nc(Nc3cccnc3)nc(N3C[C@H]4C[C@@H]3C[C@H]4N)c12. The maximum Gasteiger partial charge on any atom is 0.231 e. The van der Waals surface area contributed by atoms with Gasteiger partial charge < -0.3 is 20.9 Å². The van der Waals surface area contributed by atoms with Crippen LogP contribution in [0.3, 0.4) is 0 Å². The molecule has 1 aliphatic heterocycles. The number of H-pyrrole nitrogens is 1. The molecule has 4 N–H and O–H groups in total. The predicted molar refractivity (Wildman–Crippen MR) is 120 cm³/mol. The molecule has 1 saturated carbocycles. The number of aromatic nitrogens is 4. The van der Waals surface area contributed by atoms with Crippen LogP contribution in [0.25, 0.3) is 21.9 Å². The van der Waals surface area contributed by atoms with Crippen LogP contribution in [0, 0.1) is 11.7 Å². The van der Waals surface area contributed by atoms with Gasteiger partial charge >= 0.3 is 0 Å². The number of fused-ring (bicyclic) bond motifs is 5. The number of halogens is 1. The molecule has 1 aliphatic carbocycles. The fourth-order valence-corrected chi connectivity index (χ4v) is 5.27. The van der Waals surface area contributed by atoms with E-state index in [0.29, 0.717) is 23.6 Å². The molecule has 8 heteroatoms. The largest absolute Gasteiger partial charge is 0.352 e. The topological polar surface area (TPSA) is 95.8 Å². The number of benzene rings is 1. The van der Waals surface area contributed by atoms with Crippen LogP contribution in [0.5, 0.6) is 0 Å². The van der Waals surface area contributed by atoms with E-state index in [1.807, 2.05) is 19.1 Å². The number of hydrogen-bond acceptors (Lipinski definition) is 6. The molecular formula is C23H24FN7. The van der Waals surface area contributed by atoms with Crippen molar-refractivity contribution < 1.29 is 4.39 Å². The summed E-state index contributed by atoms with van der Waals surface area (Å²) in [5, 5.41) is 4.98. The van der Waals surface area contributed by atoms with E-state index in [0.717, 1.165) is 59.2 Å². The second-order valence-electron chi connectivity index (χ2n) is 8.63. The first kappa shape index (κ1) is 18.5. The number of rotatable bonds is 4. The smallest absolute Gasteiger partial charge is 0.231 e. The molecular weight excluding hydrogens is 393 g/mol. The molecule has 1 aromatic carbocycles. The minimum absolute atomic E-state index is 0.237. The van der Waals surface area contributed by atoms with Gasteiger partial charge in [-0.15, -0.1) is 0 Å². The summed E-state index contributed by atoms with van der Waals surface area (Å²) in [6.07, 6.45) is 6.23. The van der Waals surface area contributed by atoms with Gasteiger partial charge in [-0.3, -0.25) is 4.98 Å². The maximum absolute atomic E-state index is 14.5. The predicted octanol–water partition coefficient (Wildman–Crippen LogP) is 3.88. The molecule has 1 saturated heterocycles. The van der Waals surface area contributed by atoms with E-state index in [4.69, 9.17) is 15.7 Å². The zero-order chi connectivity index (χ0) is 21.1. The van der Waals surface area contributed by atoms with Crippen LogP contribution in [-0.2, 0) is 6.42 Å². The molecule has 0 radical (unpaired) electrons. The molecule has 2 bridgehead atoms. The molecule has 6 rings (SSSR count). The van der Waals surface area contributed by atoms with Gasteiger partial charge in [0.05, 0.1) is 22.8 Å². The Kier molecular flexibility index (Phi) is 4.11. The molecule has 0 spiro atoms. The lowest BCUT2D eigenvalue weighted by molar-refractivity contribution is 0.471. The highest BCUT2D eigenvalue weighted by atomic mass is 19.1. The second-order valence-corrected chi connectivity index (χ2v) is 8.63. The zero-order valence-corrected chi connectivity index (χ0v) is 17.3.